The van der Waals surface area contributed by atoms with Crippen LogP contribution < -0.4 is 0 Å². The summed E-state index contributed by atoms with van der Waals surface area (Å²) >= 11 is 0. The first kappa shape index (κ1) is 14.6. The highest BCUT2D eigenvalue weighted by Gasteiger charge is 2.65. The summed E-state index contributed by atoms with van der Waals surface area (Å²) in [6.45, 7) is -0.131. The van der Waals surface area contributed by atoms with Crippen LogP contribution in [0, 0.1) is 0 Å². The first-order valence-electron chi connectivity index (χ1n) is 3.39. The molecule has 0 saturated heterocycles. The van der Waals surface area contributed by atoms with Gasteiger partial charge in [-0.05, 0) is 0 Å². The monoisotopic (exact) mass is 256 g/mol. The fourth-order valence-electron chi connectivity index (χ4n) is 0.354. The Balaban J connectivity index is 4.80. The smallest absolute Gasteiger partial charge is 0.384 e. The Hall–Kier alpha value is -1.35. The van der Waals surface area contributed by atoms with Crippen LogP contribution in [0.3, 0.4) is 0 Å². The third-order valence-corrected chi connectivity index (χ3v) is 1.16. The second-order valence-corrected chi connectivity index (χ2v) is 2.64. The van der Waals surface area contributed by atoms with E-state index in [-0.39, 0.29) is 6.92 Å². The van der Waals surface area contributed by atoms with Crippen LogP contribution in [0.2, 0.25) is 0 Å². The molecule has 0 aromatic rings. The maximum atomic E-state index is 12.1. The first-order valence-corrected chi connectivity index (χ1v) is 3.39. The SMILES string of the molecule is CC(F)(F)C(=O)OC(=O)C(F)(F)C(F)(F)F. The summed E-state index contributed by atoms with van der Waals surface area (Å²) in [7, 11) is 0. The van der Waals surface area contributed by atoms with Crippen LogP contribution in [0.4, 0.5) is 30.7 Å². The van der Waals surface area contributed by atoms with Gasteiger partial charge in [0.15, 0.2) is 0 Å². The van der Waals surface area contributed by atoms with Crippen molar-refractivity contribution >= 4 is 11.9 Å². The van der Waals surface area contributed by atoms with E-state index < -0.39 is 30.0 Å². The van der Waals surface area contributed by atoms with Gasteiger partial charge in [-0.15, -0.1) is 0 Å². The minimum absolute atomic E-state index is 0.131. The molecule has 0 aliphatic rings. The second kappa shape index (κ2) is 3.91. The van der Waals surface area contributed by atoms with Gasteiger partial charge in [0.05, 0.1) is 0 Å². The quantitative estimate of drug-likeness (QED) is 0.430. The largest absolute Gasteiger partial charge is 0.465 e. The number of hydrogen-bond acceptors (Lipinski definition) is 3. The van der Waals surface area contributed by atoms with E-state index in [1.165, 1.54) is 0 Å². The summed E-state index contributed by atoms with van der Waals surface area (Å²) in [4.78, 5) is 20.3. The van der Waals surface area contributed by atoms with E-state index >= 15 is 0 Å². The van der Waals surface area contributed by atoms with Gasteiger partial charge >= 0.3 is 30.0 Å². The summed E-state index contributed by atoms with van der Waals surface area (Å²) in [6, 6.07) is 0. The van der Waals surface area contributed by atoms with Crippen molar-refractivity contribution in [2.75, 3.05) is 0 Å². The van der Waals surface area contributed by atoms with Crippen molar-refractivity contribution in [1.29, 1.82) is 0 Å². The Morgan fingerprint density at radius 1 is 0.875 bits per heavy atom. The molecular formula is C6H3F7O3. The third kappa shape index (κ3) is 3.07. The summed E-state index contributed by atoms with van der Waals surface area (Å²) in [5, 5.41) is 0. The number of rotatable bonds is 2. The Morgan fingerprint density at radius 3 is 1.50 bits per heavy atom. The molecule has 0 aromatic carbocycles. The fourth-order valence-corrected chi connectivity index (χ4v) is 0.354. The average Bonchev–Trinajstić information content (AvgIpc) is 1.99. The zero-order chi connectivity index (χ0) is 13.4. The molecule has 0 amide bonds. The van der Waals surface area contributed by atoms with Crippen LogP contribution in [0.25, 0.3) is 0 Å². The van der Waals surface area contributed by atoms with Gasteiger partial charge in [0.25, 0.3) is 0 Å². The van der Waals surface area contributed by atoms with E-state index in [4.69, 9.17) is 0 Å². The van der Waals surface area contributed by atoms with E-state index in [2.05, 4.69) is 4.74 Å². The average molecular weight is 256 g/mol. The molecule has 0 spiro atoms. The van der Waals surface area contributed by atoms with Gasteiger partial charge < -0.3 is 4.74 Å². The molecule has 10 heteroatoms. The van der Waals surface area contributed by atoms with Crippen molar-refractivity contribution in [2.24, 2.45) is 0 Å². The van der Waals surface area contributed by atoms with Gasteiger partial charge in [-0.25, -0.2) is 9.59 Å². The Kier molecular flexibility index (Phi) is 3.58. The Bertz CT molecular complexity index is 300. The molecule has 0 rings (SSSR count). The minimum Gasteiger partial charge on any atom is -0.384 e. The topological polar surface area (TPSA) is 43.4 Å². The number of ether oxygens (including phenoxy) is 1. The highest BCUT2D eigenvalue weighted by Crippen LogP contribution is 2.36. The minimum atomic E-state index is -6.33. The molecule has 0 atom stereocenters. The number of esters is 2. The van der Waals surface area contributed by atoms with Crippen molar-refractivity contribution < 1.29 is 45.1 Å². The fraction of sp³-hybridized carbons (Fsp3) is 0.667. The van der Waals surface area contributed by atoms with E-state index in [1.54, 1.807) is 0 Å². The Labute approximate surface area is 83.2 Å². The molecule has 0 unspecified atom stereocenters. The predicted molar refractivity (Wildman–Crippen MR) is 32.7 cm³/mol. The summed E-state index contributed by atoms with van der Waals surface area (Å²) in [5.74, 6) is -16.6. The molecular weight excluding hydrogens is 253 g/mol. The summed E-state index contributed by atoms with van der Waals surface area (Å²) in [6.07, 6.45) is -6.33. The number of alkyl halides is 7. The second-order valence-electron chi connectivity index (χ2n) is 2.64. The van der Waals surface area contributed by atoms with Gasteiger partial charge in [-0.1, -0.05) is 0 Å². The summed E-state index contributed by atoms with van der Waals surface area (Å²) < 4.78 is 85.3. The summed E-state index contributed by atoms with van der Waals surface area (Å²) in [5.41, 5.74) is 0. The lowest BCUT2D eigenvalue weighted by Gasteiger charge is -2.17. The Morgan fingerprint density at radius 2 is 1.25 bits per heavy atom. The van der Waals surface area contributed by atoms with Crippen LogP contribution in [0.15, 0.2) is 0 Å². The highest BCUT2D eigenvalue weighted by molar-refractivity contribution is 5.92. The van der Waals surface area contributed by atoms with Crippen LogP contribution in [0.5, 0.6) is 0 Å². The zero-order valence-corrected chi connectivity index (χ0v) is 7.37. The maximum absolute atomic E-state index is 12.1. The molecule has 0 fully saturated rings. The normalized spacial score (nSPS) is 13.5. The molecule has 0 aromatic heterocycles. The van der Waals surface area contributed by atoms with Gasteiger partial charge in [-0.3, -0.25) is 0 Å². The lowest BCUT2D eigenvalue weighted by Crippen LogP contribution is -2.47. The lowest BCUT2D eigenvalue weighted by atomic mass is 10.3. The standard InChI is InChI=1S/C6H3F7O3/c1-4(7,8)2(14)16-3(15)5(9,10)6(11,12)13/h1H3. The van der Waals surface area contributed by atoms with Crippen LogP contribution in [-0.2, 0) is 14.3 Å². The molecule has 0 aliphatic heterocycles. The lowest BCUT2D eigenvalue weighted by molar-refractivity contribution is -0.280. The number of hydrogen-bond donors (Lipinski definition) is 0. The van der Waals surface area contributed by atoms with Gasteiger partial charge in [0.1, 0.15) is 0 Å². The van der Waals surface area contributed by atoms with Gasteiger partial charge in [0, 0.05) is 6.92 Å². The van der Waals surface area contributed by atoms with E-state index in [9.17, 15) is 40.3 Å². The predicted octanol–water partition coefficient (Wildman–Crippen LogP) is 1.91. The molecule has 3 nitrogen and oxygen atoms in total. The molecule has 0 heterocycles. The van der Waals surface area contributed by atoms with E-state index in [0.29, 0.717) is 0 Å². The molecule has 94 valence electrons. The van der Waals surface area contributed by atoms with E-state index in [0.717, 1.165) is 0 Å². The molecule has 0 saturated carbocycles. The van der Waals surface area contributed by atoms with E-state index in [1.807, 2.05) is 0 Å². The molecule has 0 aliphatic carbocycles. The van der Waals surface area contributed by atoms with Crippen LogP contribution in [0.1, 0.15) is 6.92 Å². The van der Waals surface area contributed by atoms with Crippen molar-refractivity contribution in [3.63, 3.8) is 0 Å². The number of carbonyl (C=O) groups excluding carboxylic acids is 2. The van der Waals surface area contributed by atoms with Crippen molar-refractivity contribution in [1.82, 2.24) is 0 Å². The van der Waals surface area contributed by atoms with Crippen molar-refractivity contribution in [3.05, 3.63) is 0 Å². The van der Waals surface area contributed by atoms with Gasteiger partial charge in [0.2, 0.25) is 0 Å². The maximum Gasteiger partial charge on any atom is 0.465 e. The molecule has 0 N–H and O–H groups in total. The number of carbonyl (C=O) groups is 2. The molecule has 0 radical (unpaired) electrons. The molecule has 0 bridgehead atoms. The third-order valence-electron chi connectivity index (χ3n) is 1.16. The van der Waals surface area contributed by atoms with Crippen LogP contribution >= 0.6 is 0 Å². The van der Waals surface area contributed by atoms with Crippen molar-refractivity contribution in [3.8, 4) is 0 Å². The number of halogens is 7. The highest BCUT2D eigenvalue weighted by atomic mass is 19.4. The van der Waals surface area contributed by atoms with Crippen LogP contribution in [-0.4, -0.2) is 30.0 Å². The molecule has 16 heavy (non-hydrogen) atoms. The van der Waals surface area contributed by atoms with Crippen molar-refractivity contribution in [2.45, 2.75) is 24.9 Å². The zero-order valence-electron chi connectivity index (χ0n) is 7.37. The van der Waals surface area contributed by atoms with Gasteiger partial charge in [-0.2, -0.15) is 30.7 Å². The first-order chi connectivity index (χ1) is 6.80.